The molecule has 0 aliphatic rings. The lowest BCUT2D eigenvalue weighted by molar-refractivity contribution is -0.148. The number of ether oxygens (including phenoxy) is 2. The number of hydrogen-bond acceptors (Lipinski definition) is 3. The van der Waals surface area contributed by atoms with Gasteiger partial charge < -0.3 is 9.47 Å². The molecule has 3 heteroatoms. The lowest BCUT2D eigenvalue weighted by Gasteiger charge is -2.15. The quantitative estimate of drug-likeness (QED) is 0.657. The van der Waals surface area contributed by atoms with Crippen LogP contribution in [-0.2, 0) is 16.0 Å². The minimum absolute atomic E-state index is 0.232. The second-order valence-corrected chi connectivity index (χ2v) is 6.15. The Morgan fingerprint density at radius 3 is 2.29 bits per heavy atom. The third kappa shape index (κ3) is 5.73. The highest BCUT2D eigenvalue weighted by molar-refractivity contribution is 5.72. The molecule has 0 saturated heterocycles. The van der Waals surface area contributed by atoms with Gasteiger partial charge in [0.1, 0.15) is 18.5 Å². The Balaban J connectivity index is 1.76. The second-order valence-electron chi connectivity index (χ2n) is 6.15. The van der Waals surface area contributed by atoms with Gasteiger partial charge in [-0.15, -0.1) is 0 Å². The van der Waals surface area contributed by atoms with Crippen molar-refractivity contribution < 1.29 is 14.3 Å². The average Bonchev–Trinajstić information content (AvgIpc) is 2.60. The lowest BCUT2D eigenvalue weighted by atomic mass is 9.99. The summed E-state index contributed by atoms with van der Waals surface area (Å²) < 4.78 is 11.1. The summed E-state index contributed by atoms with van der Waals surface area (Å²) in [4.78, 5) is 11.9. The van der Waals surface area contributed by atoms with Gasteiger partial charge in [-0.3, -0.25) is 4.79 Å². The van der Waals surface area contributed by atoms with Crippen LogP contribution in [-0.4, -0.2) is 18.7 Å². The van der Waals surface area contributed by atoms with E-state index < -0.39 is 0 Å². The van der Waals surface area contributed by atoms with Crippen LogP contribution in [0.1, 0.15) is 44.2 Å². The van der Waals surface area contributed by atoms with E-state index in [1.807, 2.05) is 49.4 Å². The van der Waals surface area contributed by atoms with Crippen molar-refractivity contribution in [2.75, 3.05) is 6.61 Å². The molecular formula is C21H26O3. The van der Waals surface area contributed by atoms with Gasteiger partial charge in [0.15, 0.2) is 0 Å². The maximum atomic E-state index is 11.9. The summed E-state index contributed by atoms with van der Waals surface area (Å²) in [5.41, 5.74) is 2.27. The van der Waals surface area contributed by atoms with Gasteiger partial charge in [0.2, 0.25) is 0 Å². The van der Waals surface area contributed by atoms with E-state index in [1.54, 1.807) is 0 Å². The van der Waals surface area contributed by atoms with Crippen molar-refractivity contribution in [3.8, 4) is 5.75 Å². The predicted octanol–water partition coefficient (Wildman–Crippen LogP) is 4.75. The number of benzene rings is 2. The Hall–Kier alpha value is -2.29. The van der Waals surface area contributed by atoms with E-state index in [1.165, 1.54) is 5.56 Å². The van der Waals surface area contributed by atoms with E-state index >= 15 is 0 Å². The molecule has 0 aliphatic heterocycles. The summed E-state index contributed by atoms with van der Waals surface area (Å²) >= 11 is 0. The molecular weight excluding hydrogens is 300 g/mol. The minimum Gasteiger partial charge on any atom is -0.490 e. The highest BCUT2D eigenvalue weighted by Crippen LogP contribution is 2.21. The number of esters is 1. The fraction of sp³-hybridized carbons (Fsp3) is 0.381. The van der Waals surface area contributed by atoms with Crippen LogP contribution in [0.3, 0.4) is 0 Å². The Morgan fingerprint density at radius 2 is 1.67 bits per heavy atom. The van der Waals surface area contributed by atoms with Gasteiger partial charge >= 0.3 is 5.97 Å². The molecule has 2 atom stereocenters. The van der Waals surface area contributed by atoms with Crippen LogP contribution in [0.15, 0.2) is 54.6 Å². The summed E-state index contributed by atoms with van der Waals surface area (Å²) in [5.74, 6) is 1.12. The molecule has 0 unspecified atom stereocenters. The number of rotatable bonds is 8. The van der Waals surface area contributed by atoms with E-state index in [4.69, 9.17) is 9.47 Å². The summed E-state index contributed by atoms with van der Waals surface area (Å²) in [6.45, 7) is 6.59. The van der Waals surface area contributed by atoms with Crippen LogP contribution in [0.25, 0.3) is 0 Å². The van der Waals surface area contributed by atoms with Gasteiger partial charge in [0.05, 0.1) is 6.42 Å². The van der Waals surface area contributed by atoms with Gasteiger partial charge in [-0.05, 0) is 42.5 Å². The van der Waals surface area contributed by atoms with Crippen molar-refractivity contribution in [3.63, 3.8) is 0 Å². The smallest absolute Gasteiger partial charge is 0.310 e. The average molecular weight is 326 g/mol. The molecule has 0 heterocycles. The molecule has 24 heavy (non-hydrogen) atoms. The first-order valence-electron chi connectivity index (χ1n) is 8.54. The molecule has 3 nitrogen and oxygen atoms in total. The fourth-order valence-electron chi connectivity index (χ4n) is 2.40. The van der Waals surface area contributed by atoms with Crippen LogP contribution in [0.2, 0.25) is 0 Å². The molecule has 128 valence electrons. The van der Waals surface area contributed by atoms with Crippen molar-refractivity contribution in [2.24, 2.45) is 0 Å². The van der Waals surface area contributed by atoms with Crippen LogP contribution in [0, 0.1) is 0 Å². The van der Waals surface area contributed by atoms with E-state index in [-0.39, 0.29) is 18.5 Å². The molecule has 0 spiro atoms. The zero-order chi connectivity index (χ0) is 17.4. The summed E-state index contributed by atoms with van der Waals surface area (Å²) in [7, 11) is 0. The van der Waals surface area contributed by atoms with Gasteiger partial charge in [0.25, 0.3) is 0 Å². The molecule has 0 saturated carbocycles. The van der Waals surface area contributed by atoms with Crippen molar-refractivity contribution in [1.29, 1.82) is 0 Å². The van der Waals surface area contributed by atoms with Gasteiger partial charge in [-0.25, -0.2) is 0 Å². The van der Waals surface area contributed by atoms with Crippen LogP contribution in [0.4, 0.5) is 0 Å². The summed E-state index contributed by atoms with van der Waals surface area (Å²) in [6.07, 6.45) is 1.12. The first kappa shape index (κ1) is 18.1. The molecule has 2 aromatic carbocycles. The topological polar surface area (TPSA) is 35.5 Å². The van der Waals surface area contributed by atoms with E-state index in [0.29, 0.717) is 12.5 Å². The predicted molar refractivity (Wildman–Crippen MR) is 96.3 cm³/mol. The van der Waals surface area contributed by atoms with Gasteiger partial charge in [-0.2, -0.15) is 0 Å². The summed E-state index contributed by atoms with van der Waals surface area (Å²) in [6, 6.07) is 17.7. The zero-order valence-electron chi connectivity index (χ0n) is 14.7. The van der Waals surface area contributed by atoms with E-state index in [2.05, 4.69) is 26.0 Å². The monoisotopic (exact) mass is 326 g/mol. The Kier molecular flexibility index (Phi) is 6.86. The van der Waals surface area contributed by atoms with Crippen molar-refractivity contribution in [2.45, 2.75) is 45.6 Å². The van der Waals surface area contributed by atoms with E-state index in [0.717, 1.165) is 17.7 Å². The first-order chi connectivity index (χ1) is 11.6. The van der Waals surface area contributed by atoms with Crippen molar-refractivity contribution >= 4 is 5.97 Å². The van der Waals surface area contributed by atoms with Crippen molar-refractivity contribution in [3.05, 3.63) is 65.7 Å². The molecule has 0 N–H and O–H groups in total. The number of carbonyl (C=O) groups is 1. The second kappa shape index (κ2) is 9.11. The van der Waals surface area contributed by atoms with Crippen LogP contribution < -0.4 is 4.74 Å². The molecule has 0 fully saturated rings. The molecule has 0 radical (unpaired) electrons. The Morgan fingerprint density at radius 1 is 1.00 bits per heavy atom. The van der Waals surface area contributed by atoms with E-state index in [9.17, 15) is 4.79 Å². The normalized spacial score (nSPS) is 13.1. The Bertz CT molecular complexity index is 619. The zero-order valence-corrected chi connectivity index (χ0v) is 14.7. The third-order valence-corrected chi connectivity index (χ3v) is 4.07. The minimum atomic E-state index is -0.282. The highest BCUT2D eigenvalue weighted by atomic mass is 16.6. The maximum Gasteiger partial charge on any atom is 0.310 e. The molecule has 0 aromatic heterocycles. The van der Waals surface area contributed by atoms with Crippen LogP contribution >= 0.6 is 0 Å². The lowest BCUT2D eigenvalue weighted by Crippen LogP contribution is -2.23. The number of carbonyl (C=O) groups excluding carboxylic acids is 1. The first-order valence-corrected chi connectivity index (χ1v) is 8.54. The fourth-order valence-corrected chi connectivity index (χ4v) is 2.40. The largest absolute Gasteiger partial charge is 0.490 e. The SMILES string of the molecule is CC[C@H](C)c1ccc(OC[C@@H](C)OC(=O)Cc2ccccc2)cc1. The molecule has 0 aliphatic carbocycles. The molecule has 2 rings (SSSR count). The van der Waals surface area contributed by atoms with Crippen LogP contribution in [0.5, 0.6) is 5.75 Å². The van der Waals surface area contributed by atoms with Gasteiger partial charge in [0, 0.05) is 0 Å². The molecule has 0 amide bonds. The third-order valence-electron chi connectivity index (χ3n) is 4.07. The molecule has 0 bridgehead atoms. The number of hydrogen-bond donors (Lipinski definition) is 0. The standard InChI is InChI=1S/C21H26O3/c1-4-16(2)19-10-12-20(13-11-19)23-15-17(3)24-21(22)14-18-8-6-5-7-9-18/h5-13,16-17H,4,14-15H2,1-3H3/t16-,17+/m0/s1. The Labute approximate surface area is 144 Å². The molecule has 2 aromatic rings. The van der Waals surface area contributed by atoms with Gasteiger partial charge in [-0.1, -0.05) is 56.3 Å². The van der Waals surface area contributed by atoms with Crippen molar-refractivity contribution in [1.82, 2.24) is 0 Å². The maximum absolute atomic E-state index is 11.9. The summed E-state index contributed by atoms with van der Waals surface area (Å²) in [5, 5.41) is 0. The highest BCUT2D eigenvalue weighted by Gasteiger charge is 2.11.